The van der Waals surface area contributed by atoms with E-state index in [4.69, 9.17) is 9.47 Å². The Labute approximate surface area is 207 Å². The number of rotatable bonds is 10. The minimum absolute atomic E-state index is 0.290. The molecule has 3 rings (SSSR count). The Hall–Kier alpha value is -3.48. The van der Waals surface area contributed by atoms with Crippen molar-refractivity contribution in [1.29, 1.82) is 0 Å². The lowest BCUT2D eigenvalue weighted by molar-refractivity contribution is -0.137. The van der Waals surface area contributed by atoms with Gasteiger partial charge in [-0.15, -0.1) is 5.10 Å². The molecule has 1 heterocycles. The molecule has 0 aliphatic heterocycles. The van der Waals surface area contributed by atoms with Crippen molar-refractivity contribution in [2.24, 2.45) is 0 Å². The number of aromatic nitrogens is 3. The average molecular weight is 478 g/mol. The number of ether oxygens (including phenoxy) is 2. The molecule has 0 radical (unpaired) electrons. The molecule has 0 spiro atoms. The zero-order chi connectivity index (χ0) is 25.4. The first kappa shape index (κ1) is 26.1. The summed E-state index contributed by atoms with van der Waals surface area (Å²) in [7, 11) is 0. The van der Waals surface area contributed by atoms with E-state index >= 15 is 0 Å². The smallest absolute Gasteiger partial charge is 0.338 e. The lowest BCUT2D eigenvalue weighted by atomic mass is 10.0. The van der Waals surface area contributed by atoms with Gasteiger partial charge in [0.05, 0.1) is 17.7 Å². The Balaban J connectivity index is 1.49. The first-order valence-corrected chi connectivity index (χ1v) is 12.2. The Morgan fingerprint density at radius 1 is 1.03 bits per heavy atom. The number of carbonyl (C=O) groups is 2. The summed E-state index contributed by atoms with van der Waals surface area (Å²) in [6.45, 7) is 10.5. The molecule has 0 bridgehead atoms. The normalized spacial score (nSPS) is 11.8. The Morgan fingerprint density at radius 2 is 1.77 bits per heavy atom. The Kier molecular flexibility index (Phi) is 8.79. The van der Waals surface area contributed by atoms with Crippen LogP contribution in [-0.2, 0) is 27.2 Å². The fourth-order valence-electron chi connectivity index (χ4n) is 3.79. The van der Waals surface area contributed by atoms with Gasteiger partial charge in [-0.1, -0.05) is 29.8 Å². The van der Waals surface area contributed by atoms with E-state index < -0.39 is 5.60 Å². The molecule has 0 amide bonds. The van der Waals surface area contributed by atoms with Crippen LogP contribution in [0.25, 0.3) is 17.1 Å². The van der Waals surface area contributed by atoms with Crippen molar-refractivity contribution in [3.05, 3.63) is 64.7 Å². The van der Waals surface area contributed by atoms with Crippen LogP contribution in [0.5, 0.6) is 0 Å². The van der Waals surface area contributed by atoms with Crippen molar-refractivity contribution in [1.82, 2.24) is 15.0 Å². The zero-order valence-corrected chi connectivity index (χ0v) is 21.3. The van der Waals surface area contributed by atoms with Crippen molar-refractivity contribution in [2.45, 2.75) is 72.4 Å². The molecule has 0 saturated heterocycles. The van der Waals surface area contributed by atoms with E-state index in [2.05, 4.69) is 10.3 Å². The van der Waals surface area contributed by atoms with Crippen molar-refractivity contribution in [3.8, 4) is 0 Å². The molecule has 7 heteroatoms. The van der Waals surface area contributed by atoms with Gasteiger partial charge in [0.15, 0.2) is 0 Å². The van der Waals surface area contributed by atoms with Crippen molar-refractivity contribution >= 4 is 29.0 Å². The van der Waals surface area contributed by atoms with Gasteiger partial charge in [0, 0.05) is 12.6 Å². The molecule has 0 N–H and O–H groups in total. The predicted molar refractivity (Wildman–Crippen MR) is 137 cm³/mol. The fourth-order valence-corrected chi connectivity index (χ4v) is 3.79. The van der Waals surface area contributed by atoms with Crippen LogP contribution < -0.4 is 0 Å². The molecule has 3 aromatic rings. The highest BCUT2D eigenvalue weighted by molar-refractivity contribution is 5.90. The topological polar surface area (TPSA) is 83.3 Å². The van der Waals surface area contributed by atoms with Gasteiger partial charge < -0.3 is 9.47 Å². The van der Waals surface area contributed by atoms with Gasteiger partial charge in [0.1, 0.15) is 11.1 Å². The highest BCUT2D eigenvalue weighted by Gasteiger charge is 2.17. The van der Waals surface area contributed by atoms with Crippen molar-refractivity contribution in [2.75, 3.05) is 6.61 Å². The Morgan fingerprint density at radius 3 is 2.46 bits per heavy atom. The van der Waals surface area contributed by atoms with Crippen LogP contribution >= 0.6 is 0 Å². The maximum atomic E-state index is 12.1. The molecular formula is C28H35N3O4. The first-order chi connectivity index (χ1) is 16.7. The van der Waals surface area contributed by atoms with Gasteiger partial charge in [0.25, 0.3) is 0 Å². The molecule has 2 aromatic carbocycles. The first-order valence-electron chi connectivity index (χ1n) is 12.2. The number of hydrogen-bond acceptors (Lipinski definition) is 6. The highest BCUT2D eigenvalue weighted by Crippen LogP contribution is 2.21. The third kappa shape index (κ3) is 7.50. The number of unbranched alkanes of at least 4 members (excludes halogenated alkanes) is 2. The number of hydrogen-bond donors (Lipinski definition) is 0. The highest BCUT2D eigenvalue weighted by atomic mass is 16.6. The number of benzene rings is 2. The number of carbonyl (C=O) groups excluding carboxylic acids is 2. The van der Waals surface area contributed by atoms with E-state index in [0.717, 1.165) is 54.4 Å². The summed E-state index contributed by atoms with van der Waals surface area (Å²) in [4.78, 5) is 23.7. The van der Waals surface area contributed by atoms with Crippen LogP contribution in [0.15, 0.2) is 42.5 Å². The SMILES string of the molecule is CCOC(=O)/C=C/c1ccc2c(nnn2CCCCCc2ccc(C(=O)OC(C)(C)C)cc2)c1C. The molecule has 0 unspecified atom stereocenters. The molecule has 7 nitrogen and oxygen atoms in total. The summed E-state index contributed by atoms with van der Waals surface area (Å²) in [6.07, 6.45) is 7.27. The van der Waals surface area contributed by atoms with E-state index in [9.17, 15) is 9.59 Å². The molecule has 0 aliphatic carbocycles. The van der Waals surface area contributed by atoms with Crippen LogP contribution in [0.4, 0.5) is 0 Å². The third-order valence-corrected chi connectivity index (χ3v) is 5.59. The minimum atomic E-state index is -0.493. The van der Waals surface area contributed by atoms with Gasteiger partial charge >= 0.3 is 11.9 Å². The van der Waals surface area contributed by atoms with Crippen molar-refractivity contribution in [3.63, 3.8) is 0 Å². The van der Waals surface area contributed by atoms with Crippen molar-refractivity contribution < 1.29 is 19.1 Å². The molecule has 0 atom stereocenters. The van der Waals surface area contributed by atoms with Gasteiger partial charge in [-0.05, 0) is 94.8 Å². The van der Waals surface area contributed by atoms with Crippen LogP contribution in [0.3, 0.4) is 0 Å². The zero-order valence-electron chi connectivity index (χ0n) is 21.3. The van der Waals surface area contributed by atoms with Crippen LogP contribution in [0.2, 0.25) is 0 Å². The molecule has 1 aromatic heterocycles. The number of esters is 2. The molecule has 35 heavy (non-hydrogen) atoms. The molecule has 0 aliphatic rings. The average Bonchev–Trinajstić information content (AvgIpc) is 3.21. The number of aryl methyl sites for hydroxylation is 3. The summed E-state index contributed by atoms with van der Waals surface area (Å²) < 4.78 is 12.3. The standard InChI is InChI=1S/C28H35N3O4/c1-6-34-25(32)18-16-22-15-17-24-26(20(22)2)29-30-31(24)19-9-7-8-10-21-11-13-23(14-12-21)27(33)35-28(3,4)5/h11-18H,6-10,19H2,1-5H3/b18-16+. The number of nitrogens with zero attached hydrogens (tertiary/aromatic N) is 3. The lowest BCUT2D eigenvalue weighted by Gasteiger charge is -2.19. The van der Waals surface area contributed by atoms with Gasteiger partial charge in [-0.25, -0.2) is 14.3 Å². The molecule has 186 valence electrons. The maximum absolute atomic E-state index is 12.1. The summed E-state index contributed by atoms with van der Waals surface area (Å²) >= 11 is 0. The van der Waals surface area contributed by atoms with Crippen LogP contribution in [0, 0.1) is 6.92 Å². The quantitative estimate of drug-likeness (QED) is 0.212. The fraction of sp³-hybridized carbons (Fsp3) is 0.429. The van der Waals surface area contributed by atoms with Crippen LogP contribution in [0.1, 0.15) is 74.0 Å². The second-order valence-corrected chi connectivity index (χ2v) is 9.55. The molecule has 0 saturated carbocycles. The molecule has 0 fully saturated rings. The van der Waals surface area contributed by atoms with E-state index in [1.165, 1.54) is 11.6 Å². The van der Waals surface area contributed by atoms with E-state index in [-0.39, 0.29) is 11.9 Å². The van der Waals surface area contributed by atoms with E-state index in [1.54, 1.807) is 13.0 Å². The summed E-state index contributed by atoms with van der Waals surface area (Å²) in [6, 6.07) is 11.7. The van der Waals surface area contributed by atoms with Gasteiger partial charge in [-0.2, -0.15) is 0 Å². The second kappa shape index (κ2) is 11.8. The van der Waals surface area contributed by atoms with Gasteiger partial charge in [0.2, 0.25) is 0 Å². The van der Waals surface area contributed by atoms with E-state index in [0.29, 0.717) is 12.2 Å². The van der Waals surface area contributed by atoms with Crippen LogP contribution in [-0.4, -0.2) is 39.1 Å². The predicted octanol–water partition coefficient (Wildman–Crippen LogP) is 5.68. The third-order valence-electron chi connectivity index (χ3n) is 5.59. The summed E-state index contributed by atoms with van der Waals surface area (Å²) in [5.74, 6) is -0.642. The summed E-state index contributed by atoms with van der Waals surface area (Å²) in [5, 5.41) is 8.69. The summed E-state index contributed by atoms with van der Waals surface area (Å²) in [5.41, 5.74) is 5.06. The minimum Gasteiger partial charge on any atom is -0.463 e. The largest absolute Gasteiger partial charge is 0.463 e. The number of fused-ring (bicyclic) bond motifs is 1. The van der Waals surface area contributed by atoms with Gasteiger partial charge in [-0.3, -0.25) is 0 Å². The molecular weight excluding hydrogens is 442 g/mol. The monoisotopic (exact) mass is 477 g/mol. The maximum Gasteiger partial charge on any atom is 0.338 e. The Bertz CT molecular complexity index is 1190. The van der Waals surface area contributed by atoms with E-state index in [1.807, 2.05) is 68.8 Å². The second-order valence-electron chi connectivity index (χ2n) is 9.55. The lowest BCUT2D eigenvalue weighted by Crippen LogP contribution is -2.23.